The minimum Gasteiger partial charge on any atom is -0.392 e. The van der Waals surface area contributed by atoms with Crippen LogP contribution in [0.25, 0.3) is 5.57 Å². The Kier molecular flexibility index (Phi) is 2.19. The molecule has 1 N–H and O–H groups in total. The van der Waals surface area contributed by atoms with Crippen LogP contribution < -0.4 is 0 Å². The zero-order valence-corrected chi connectivity index (χ0v) is 7.82. The number of hydrogen-bond donors (Lipinski definition) is 1. The molecule has 0 fully saturated rings. The molecule has 70 valence electrons. The maximum Gasteiger partial charge on any atom is 0.0668 e. The van der Waals surface area contributed by atoms with Gasteiger partial charge in [-0.15, -0.1) is 0 Å². The second-order valence-corrected chi connectivity index (χ2v) is 3.41. The molecule has 0 aromatic carbocycles. The molecule has 0 aliphatic heterocycles. The summed E-state index contributed by atoms with van der Waals surface area (Å²) in [6.07, 6.45) is 7.17. The van der Waals surface area contributed by atoms with E-state index in [0.717, 1.165) is 12.8 Å². The topological polar surface area (TPSA) is 38.0 Å². The molecule has 13 heavy (non-hydrogen) atoms. The third kappa shape index (κ3) is 1.40. The fourth-order valence-corrected chi connectivity index (χ4v) is 1.98. The SMILES string of the molecule is Cn1ncc2c1/C(=C/CO)CCC2. The molecule has 1 aromatic heterocycles. The Hall–Kier alpha value is -1.09. The first-order valence-electron chi connectivity index (χ1n) is 4.64. The van der Waals surface area contributed by atoms with Gasteiger partial charge >= 0.3 is 0 Å². The molecule has 1 heterocycles. The molecule has 1 aliphatic rings. The molecule has 0 unspecified atom stereocenters. The standard InChI is InChI=1S/C10H14N2O/c1-12-10-8(5-6-13)3-2-4-9(10)7-11-12/h5,7,13H,2-4,6H2,1H3/b8-5+. The van der Waals surface area contributed by atoms with E-state index in [9.17, 15) is 0 Å². The van der Waals surface area contributed by atoms with Crippen LogP contribution in [0, 0.1) is 0 Å². The lowest BCUT2D eigenvalue weighted by Gasteiger charge is -2.15. The average molecular weight is 178 g/mol. The smallest absolute Gasteiger partial charge is 0.0668 e. The van der Waals surface area contributed by atoms with Crippen molar-refractivity contribution in [3.05, 3.63) is 23.5 Å². The van der Waals surface area contributed by atoms with Crippen LogP contribution in [0.15, 0.2) is 12.3 Å². The Balaban J connectivity index is 2.46. The number of rotatable bonds is 1. The quantitative estimate of drug-likeness (QED) is 0.700. The molecule has 1 aromatic rings. The van der Waals surface area contributed by atoms with Crippen molar-refractivity contribution in [1.82, 2.24) is 9.78 Å². The van der Waals surface area contributed by atoms with Crippen molar-refractivity contribution in [2.45, 2.75) is 19.3 Å². The van der Waals surface area contributed by atoms with E-state index < -0.39 is 0 Å². The lowest BCUT2D eigenvalue weighted by Crippen LogP contribution is -2.05. The third-order valence-corrected chi connectivity index (χ3v) is 2.55. The number of hydrogen-bond acceptors (Lipinski definition) is 2. The second-order valence-electron chi connectivity index (χ2n) is 3.41. The van der Waals surface area contributed by atoms with Gasteiger partial charge in [-0.1, -0.05) is 6.08 Å². The fourth-order valence-electron chi connectivity index (χ4n) is 1.98. The maximum atomic E-state index is 8.87. The number of aryl methyl sites for hydroxylation is 2. The summed E-state index contributed by atoms with van der Waals surface area (Å²) in [6.45, 7) is 0.125. The van der Waals surface area contributed by atoms with E-state index in [-0.39, 0.29) is 6.61 Å². The van der Waals surface area contributed by atoms with Crippen molar-refractivity contribution in [2.75, 3.05) is 6.61 Å². The van der Waals surface area contributed by atoms with Crippen molar-refractivity contribution >= 4 is 5.57 Å². The van der Waals surface area contributed by atoms with E-state index in [0.29, 0.717) is 0 Å². The molecule has 0 bridgehead atoms. The molecule has 0 saturated heterocycles. The predicted molar refractivity (Wildman–Crippen MR) is 51.2 cm³/mol. The largest absolute Gasteiger partial charge is 0.392 e. The molecular weight excluding hydrogens is 164 g/mol. The van der Waals surface area contributed by atoms with E-state index in [4.69, 9.17) is 5.11 Å². The summed E-state index contributed by atoms with van der Waals surface area (Å²) in [6, 6.07) is 0. The normalized spacial score (nSPS) is 19.1. The summed E-state index contributed by atoms with van der Waals surface area (Å²) >= 11 is 0. The van der Waals surface area contributed by atoms with E-state index in [1.165, 1.54) is 23.3 Å². The number of aromatic nitrogens is 2. The van der Waals surface area contributed by atoms with Crippen molar-refractivity contribution in [2.24, 2.45) is 7.05 Å². The van der Waals surface area contributed by atoms with Crippen molar-refractivity contribution in [3.8, 4) is 0 Å². The number of allylic oxidation sites excluding steroid dienone is 1. The Labute approximate surface area is 77.7 Å². The molecule has 1 aliphatic carbocycles. The Morgan fingerprint density at radius 2 is 2.46 bits per heavy atom. The van der Waals surface area contributed by atoms with Gasteiger partial charge in [0, 0.05) is 7.05 Å². The molecule has 0 spiro atoms. The van der Waals surface area contributed by atoms with Crippen LogP contribution in [0.5, 0.6) is 0 Å². The van der Waals surface area contributed by atoms with Gasteiger partial charge < -0.3 is 5.11 Å². The number of fused-ring (bicyclic) bond motifs is 1. The number of aliphatic hydroxyl groups excluding tert-OH is 1. The summed E-state index contributed by atoms with van der Waals surface area (Å²) < 4.78 is 1.90. The van der Waals surface area contributed by atoms with Crippen LogP contribution in [0.1, 0.15) is 24.1 Å². The molecule has 0 amide bonds. The van der Waals surface area contributed by atoms with Crippen LogP contribution >= 0.6 is 0 Å². The molecule has 3 nitrogen and oxygen atoms in total. The summed E-state index contributed by atoms with van der Waals surface area (Å²) in [4.78, 5) is 0. The summed E-state index contributed by atoms with van der Waals surface area (Å²) in [5, 5.41) is 13.1. The fraction of sp³-hybridized carbons (Fsp3) is 0.500. The number of nitrogens with zero attached hydrogens (tertiary/aromatic N) is 2. The van der Waals surface area contributed by atoms with Crippen LogP contribution in [0.3, 0.4) is 0 Å². The average Bonchev–Trinajstić information content (AvgIpc) is 2.50. The molecule has 0 atom stereocenters. The maximum absolute atomic E-state index is 8.87. The minimum atomic E-state index is 0.125. The zero-order valence-electron chi connectivity index (χ0n) is 7.82. The highest BCUT2D eigenvalue weighted by Crippen LogP contribution is 2.29. The van der Waals surface area contributed by atoms with Crippen LogP contribution in [0.2, 0.25) is 0 Å². The Morgan fingerprint density at radius 1 is 1.62 bits per heavy atom. The lowest BCUT2D eigenvalue weighted by molar-refractivity contribution is 0.343. The molecule has 2 rings (SSSR count). The third-order valence-electron chi connectivity index (χ3n) is 2.55. The Bertz CT molecular complexity index is 339. The summed E-state index contributed by atoms with van der Waals surface area (Å²) in [5.74, 6) is 0. The Morgan fingerprint density at radius 3 is 3.23 bits per heavy atom. The van der Waals surface area contributed by atoms with Gasteiger partial charge in [-0.2, -0.15) is 5.10 Å². The van der Waals surface area contributed by atoms with E-state index in [1.807, 2.05) is 24.0 Å². The van der Waals surface area contributed by atoms with E-state index in [2.05, 4.69) is 5.10 Å². The lowest BCUT2D eigenvalue weighted by atomic mass is 9.93. The van der Waals surface area contributed by atoms with Crippen molar-refractivity contribution < 1.29 is 5.11 Å². The highest BCUT2D eigenvalue weighted by molar-refractivity contribution is 5.67. The van der Waals surface area contributed by atoms with E-state index in [1.54, 1.807) is 0 Å². The summed E-state index contributed by atoms with van der Waals surface area (Å²) in [5.41, 5.74) is 3.76. The van der Waals surface area contributed by atoms with Gasteiger partial charge in [-0.05, 0) is 30.4 Å². The molecule has 3 heteroatoms. The first-order valence-corrected chi connectivity index (χ1v) is 4.64. The monoisotopic (exact) mass is 178 g/mol. The second kappa shape index (κ2) is 3.34. The van der Waals surface area contributed by atoms with Gasteiger partial charge in [0.1, 0.15) is 0 Å². The first-order chi connectivity index (χ1) is 6.33. The van der Waals surface area contributed by atoms with Gasteiger partial charge in [0.2, 0.25) is 0 Å². The first kappa shape index (κ1) is 8.51. The van der Waals surface area contributed by atoms with Crippen molar-refractivity contribution in [1.29, 1.82) is 0 Å². The molecular formula is C10H14N2O. The van der Waals surface area contributed by atoms with Crippen LogP contribution in [-0.2, 0) is 13.5 Å². The highest BCUT2D eigenvalue weighted by Gasteiger charge is 2.17. The van der Waals surface area contributed by atoms with Crippen LogP contribution in [0.4, 0.5) is 0 Å². The molecule has 0 radical (unpaired) electrons. The van der Waals surface area contributed by atoms with Gasteiger partial charge in [-0.3, -0.25) is 4.68 Å². The summed E-state index contributed by atoms with van der Waals surface area (Å²) in [7, 11) is 1.95. The van der Waals surface area contributed by atoms with Gasteiger partial charge in [0.15, 0.2) is 0 Å². The zero-order chi connectivity index (χ0) is 9.26. The highest BCUT2D eigenvalue weighted by atomic mass is 16.2. The molecule has 0 saturated carbocycles. The van der Waals surface area contributed by atoms with E-state index >= 15 is 0 Å². The minimum absolute atomic E-state index is 0.125. The van der Waals surface area contributed by atoms with Gasteiger partial charge in [0.25, 0.3) is 0 Å². The van der Waals surface area contributed by atoms with Gasteiger partial charge in [0.05, 0.1) is 18.5 Å². The van der Waals surface area contributed by atoms with Crippen molar-refractivity contribution in [3.63, 3.8) is 0 Å². The number of aliphatic hydroxyl groups is 1. The predicted octanol–water partition coefficient (Wildman–Crippen LogP) is 1.13. The van der Waals surface area contributed by atoms with Gasteiger partial charge in [-0.25, -0.2) is 0 Å². The van der Waals surface area contributed by atoms with Crippen LogP contribution in [-0.4, -0.2) is 21.5 Å².